The largest absolute Gasteiger partial charge is 0.316 e. The van der Waals surface area contributed by atoms with Crippen LogP contribution in [0.3, 0.4) is 0 Å². The van der Waals surface area contributed by atoms with Crippen LogP contribution in [0.15, 0.2) is 18.2 Å². The maximum Gasteiger partial charge on any atom is 0.126 e. The zero-order chi connectivity index (χ0) is 13.8. The van der Waals surface area contributed by atoms with Gasteiger partial charge in [0.05, 0.1) is 0 Å². The highest BCUT2D eigenvalue weighted by molar-refractivity contribution is 5.28. The van der Waals surface area contributed by atoms with E-state index in [2.05, 4.69) is 17.4 Å². The first-order valence-corrected chi connectivity index (χ1v) is 8.32. The minimum absolute atomic E-state index is 0.0400. The quantitative estimate of drug-likeness (QED) is 0.861. The number of rotatable bonds is 3. The lowest BCUT2D eigenvalue weighted by Gasteiger charge is -2.24. The van der Waals surface area contributed by atoms with Crippen molar-refractivity contribution < 1.29 is 4.39 Å². The molecule has 2 fully saturated rings. The lowest BCUT2D eigenvalue weighted by Crippen LogP contribution is -2.30. The van der Waals surface area contributed by atoms with Gasteiger partial charge in [-0.1, -0.05) is 31.4 Å². The molecule has 0 amide bonds. The lowest BCUT2D eigenvalue weighted by molar-refractivity contribution is 0.375. The average molecular weight is 275 g/mol. The van der Waals surface area contributed by atoms with Crippen molar-refractivity contribution in [2.24, 2.45) is 5.92 Å². The Morgan fingerprint density at radius 1 is 1.05 bits per heavy atom. The Morgan fingerprint density at radius 3 is 2.60 bits per heavy atom. The van der Waals surface area contributed by atoms with Gasteiger partial charge in [-0.25, -0.2) is 4.39 Å². The van der Waals surface area contributed by atoms with Crippen molar-refractivity contribution in [3.8, 4) is 0 Å². The summed E-state index contributed by atoms with van der Waals surface area (Å²) in [7, 11) is 0. The van der Waals surface area contributed by atoms with Crippen LogP contribution in [0.4, 0.5) is 4.39 Å². The second-order valence-corrected chi connectivity index (χ2v) is 6.61. The van der Waals surface area contributed by atoms with Crippen LogP contribution in [0.2, 0.25) is 0 Å². The zero-order valence-corrected chi connectivity index (χ0v) is 12.3. The van der Waals surface area contributed by atoms with Gasteiger partial charge in [-0.3, -0.25) is 0 Å². The van der Waals surface area contributed by atoms with E-state index in [0.717, 1.165) is 25.1 Å². The van der Waals surface area contributed by atoms with Gasteiger partial charge in [0.15, 0.2) is 0 Å². The first-order valence-electron chi connectivity index (χ1n) is 8.32. The van der Waals surface area contributed by atoms with E-state index >= 15 is 0 Å². The summed E-state index contributed by atoms with van der Waals surface area (Å²) < 4.78 is 14.4. The fourth-order valence-electron chi connectivity index (χ4n) is 3.87. The van der Waals surface area contributed by atoms with Gasteiger partial charge in [0.1, 0.15) is 5.82 Å². The molecule has 0 aromatic heterocycles. The number of hydrogen-bond acceptors (Lipinski definition) is 1. The van der Waals surface area contributed by atoms with Crippen LogP contribution in [0.25, 0.3) is 0 Å². The van der Waals surface area contributed by atoms with Gasteiger partial charge in [0.25, 0.3) is 0 Å². The van der Waals surface area contributed by atoms with Crippen molar-refractivity contribution >= 4 is 0 Å². The Balaban J connectivity index is 1.66. The summed E-state index contributed by atoms with van der Waals surface area (Å²) in [6.45, 7) is 2.23. The third-order valence-electron chi connectivity index (χ3n) is 5.03. The van der Waals surface area contributed by atoms with Gasteiger partial charge >= 0.3 is 0 Å². The van der Waals surface area contributed by atoms with Crippen molar-refractivity contribution in [2.45, 2.75) is 57.3 Å². The van der Waals surface area contributed by atoms with Crippen molar-refractivity contribution in [1.82, 2.24) is 5.32 Å². The fraction of sp³-hybridized carbons (Fsp3) is 0.667. The highest BCUT2D eigenvalue weighted by Gasteiger charge is 2.20. The first-order chi connectivity index (χ1) is 9.83. The van der Waals surface area contributed by atoms with Gasteiger partial charge in [0.2, 0.25) is 0 Å². The Labute approximate surface area is 122 Å². The summed E-state index contributed by atoms with van der Waals surface area (Å²) in [6.07, 6.45) is 9.75. The molecule has 0 spiro atoms. The molecule has 1 saturated carbocycles. The maximum absolute atomic E-state index is 14.4. The Hall–Kier alpha value is -0.890. The monoisotopic (exact) mass is 275 g/mol. The molecule has 1 saturated heterocycles. The first kappa shape index (κ1) is 14.1. The third-order valence-corrected chi connectivity index (χ3v) is 5.03. The topological polar surface area (TPSA) is 12.0 Å². The summed E-state index contributed by atoms with van der Waals surface area (Å²) in [4.78, 5) is 0. The Morgan fingerprint density at radius 2 is 1.90 bits per heavy atom. The second kappa shape index (κ2) is 6.71. The number of halogens is 1. The Bertz CT molecular complexity index is 431. The molecule has 0 radical (unpaired) electrons. The van der Waals surface area contributed by atoms with E-state index < -0.39 is 0 Å². The van der Waals surface area contributed by atoms with Crippen LogP contribution >= 0.6 is 0 Å². The van der Waals surface area contributed by atoms with Crippen LogP contribution in [-0.4, -0.2) is 13.1 Å². The van der Waals surface area contributed by atoms with Gasteiger partial charge in [-0.2, -0.15) is 0 Å². The molecule has 1 aliphatic heterocycles. The number of nitrogens with one attached hydrogen (secondary N) is 1. The molecule has 1 N–H and O–H groups in total. The van der Waals surface area contributed by atoms with E-state index in [9.17, 15) is 4.39 Å². The van der Waals surface area contributed by atoms with Gasteiger partial charge in [-0.15, -0.1) is 0 Å². The molecular weight excluding hydrogens is 249 g/mol. The van der Waals surface area contributed by atoms with Crippen molar-refractivity contribution in [3.63, 3.8) is 0 Å². The fourth-order valence-corrected chi connectivity index (χ4v) is 3.87. The maximum atomic E-state index is 14.4. The molecule has 1 aliphatic carbocycles. The molecule has 20 heavy (non-hydrogen) atoms. The lowest BCUT2D eigenvalue weighted by atomic mass is 9.83. The highest BCUT2D eigenvalue weighted by Crippen LogP contribution is 2.34. The average Bonchev–Trinajstić information content (AvgIpc) is 2.49. The van der Waals surface area contributed by atoms with Crippen LogP contribution in [-0.2, 0) is 6.42 Å². The number of hydrogen-bond donors (Lipinski definition) is 1. The van der Waals surface area contributed by atoms with Crippen molar-refractivity contribution in [1.29, 1.82) is 0 Å². The Kier molecular flexibility index (Phi) is 4.72. The molecule has 1 unspecified atom stereocenters. The normalized spacial score (nSPS) is 24.8. The van der Waals surface area contributed by atoms with Gasteiger partial charge in [-0.05, 0) is 74.2 Å². The third kappa shape index (κ3) is 3.41. The van der Waals surface area contributed by atoms with E-state index in [1.165, 1.54) is 50.5 Å². The van der Waals surface area contributed by atoms with Crippen LogP contribution in [0, 0.1) is 11.7 Å². The molecule has 1 aromatic carbocycles. The second-order valence-electron chi connectivity index (χ2n) is 6.61. The molecule has 1 nitrogen and oxygen atoms in total. The molecule has 3 rings (SSSR count). The molecule has 2 aliphatic rings. The van der Waals surface area contributed by atoms with Gasteiger partial charge in [0, 0.05) is 0 Å². The predicted octanol–water partition coefficient (Wildman–Crippen LogP) is 4.42. The van der Waals surface area contributed by atoms with Crippen LogP contribution in [0.1, 0.15) is 62.0 Å². The zero-order valence-electron chi connectivity index (χ0n) is 12.3. The van der Waals surface area contributed by atoms with E-state index in [1.807, 2.05) is 0 Å². The van der Waals surface area contributed by atoms with Crippen LogP contribution in [0.5, 0.6) is 0 Å². The minimum Gasteiger partial charge on any atom is -0.316 e. The summed E-state index contributed by atoms with van der Waals surface area (Å²) in [6, 6.07) is 6.04. The molecular formula is C18H26FN. The van der Waals surface area contributed by atoms with E-state index in [1.54, 1.807) is 6.07 Å². The molecule has 1 atom stereocenters. The molecule has 2 heteroatoms. The SMILES string of the molecule is Fc1cc(CC2CCCNC2)ccc1C1CCCCC1. The highest BCUT2D eigenvalue weighted by atomic mass is 19.1. The predicted molar refractivity (Wildman–Crippen MR) is 81.5 cm³/mol. The standard InChI is InChI=1S/C18H26FN/c19-18-12-14(11-15-5-4-10-20-13-15)8-9-17(18)16-6-2-1-3-7-16/h8-9,12,15-16,20H,1-7,10-11,13H2. The number of benzene rings is 1. The molecule has 1 heterocycles. The minimum atomic E-state index is 0.0400. The van der Waals surface area contributed by atoms with Gasteiger partial charge < -0.3 is 5.32 Å². The van der Waals surface area contributed by atoms with Crippen molar-refractivity contribution in [2.75, 3.05) is 13.1 Å². The summed E-state index contributed by atoms with van der Waals surface area (Å²) in [5.74, 6) is 1.19. The summed E-state index contributed by atoms with van der Waals surface area (Å²) in [5, 5.41) is 3.44. The van der Waals surface area contributed by atoms with E-state index in [0.29, 0.717) is 11.8 Å². The van der Waals surface area contributed by atoms with Crippen molar-refractivity contribution in [3.05, 3.63) is 35.1 Å². The number of piperidine rings is 1. The summed E-state index contributed by atoms with van der Waals surface area (Å²) >= 11 is 0. The molecule has 0 bridgehead atoms. The smallest absolute Gasteiger partial charge is 0.126 e. The molecule has 1 aromatic rings. The summed E-state index contributed by atoms with van der Waals surface area (Å²) in [5.41, 5.74) is 2.14. The van der Waals surface area contributed by atoms with E-state index in [4.69, 9.17) is 0 Å². The molecule has 110 valence electrons. The van der Waals surface area contributed by atoms with Crippen LogP contribution < -0.4 is 5.32 Å². The van der Waals surface area contributed by atoms with E-state index in [-0.39, 0.29) is 5.82 Å².